The van der Waals surface area contributed by atoms with Crippen LogP contribution in [-0.4, -0.2) is 16.0 Å². The summed E-state index contributed by atoms with van der Waals surface area (Å²) in [7, 11) is 0. The smallest absolute Gasteiger partial charge is 0.275 e. The van der Waals surface area contributed by atoms with Crippen molar-refractivity contribution < 1.29 is 9.90 Å². The van der Waals surface area contributed by atoms with Crippen molar-refractivity contribution in [2.75, 3.05) is 5.32 Å². The minimum Gasteiger partial charge on any atom is -0.392 e. The van der Waals surface area contributed by atoms with Gasteiger partial charge >= 0.3 is 0 Å². The zero-order valence-electron chi connectivity index (χ0n) is 9.59. The summed E-state index contributed by atoms with van der Waals surface area (Å²) in [4.78, 5) is 15.9. The molecule has 1 heterocycles. The average Bonchev–Trinajstić information content (AvgIpc) is 2.88. The van der Waals surface area contributed by atoms with Crippen molar-refractivity contribution in [2.45, 2.75) is 13.2 Å². The lowest BCUT2D eigenvalue weighted by molar-refractivity contribution is 0.102. The third-order valence-corrected chi connectivity index (χ3v) is 3.22. The molecule has 1 aromatic carbocycles. The number of thiazole rings is 1. The molecular formula is C12H13N3O2S. The molecule has 0 saturated carbocycles. The van der Waals surface area contributed by atoms with Crippen LogP contribution >= 0.6 is 11.3 Å². The fourth-order valence-electron chi connectivity index (χ4n) is 1.40. The Morgan fingerprint density at radius 1 is 1.39 bits per heavy atom. The standard InChI is InChI=1S/C12H13N3O2S/c13-5-11-15-10(7-18-11)12(17)14-9-3-1-8(6-16)2-4-9/h1-4,7,16H,5-6,13H2,(H,14,17). The summed E-state index contributed by atoms with van der Waals surface area (Å²) >= 11 is 1.36. The second-order valence-corrected chi connectivity index (χ2v) is 4.58. The molecule has 94 valence electrons. The molecule has 2 aromatic rings. The average molecular weight is 263 g/mol. The van der Waals surface area contributed by atoms with Crippen LogP contribution < -0.4 is 11.1 Å². The van der Waals surface area contributed by atoms with Gasteiger partial charge in [-0.2, -0.15) is 0 Å². The molecule has 0 unspecified atom stereocenters. The van der Waals surface area contributed by atoms with E-state index in [2.05, 4.69) is 10.3 Å². The Balaban J connectivity index is 2.06. The topological polar surface area (TPSA) is 88.2 Å². The lowest BCUT2D eigenvalue weighted by Gasteiger charge is -2.03. The zero-order chi connectivity index (χ0) is 13.0. The Morgan fingerprint density at radius 2 is 2.11 bits per heavy atom. The Labute approximate surface area is 108 Å². The monoisotopic (exact) mass is 263 g/mol. The minimum atomic E-state index is -0.261. The molecule has 0 bridgehead atoms. The van der Waals surface area contributed by atoms with Crippen LogP contribution in [0.3, 0.4) is 0 Å². The maximum Gasteiger partial charge on any atom is 0.275 e. The van der Waals surface area contributed by atoms with Crippen LogP contribution in [-0.2, 0) is 13.2 Å². The van der Waals surface area contributed by atoms with Crippen LogP contribution in [0.25, 0.3) is 0 Å². The molecule has 4 N–H and O–H groups in total. The molecule has 0 fully saturated rings. The summed E-state index contributed by atoms with van der Waals surface area (Å²) < 4.78 is 0. The molecule has 0 radical (unpaired) electrons. The van der Waals surface area contributed by atoms with E-state index in [4.69, 9.17) is 10.8 Å². The Hall–Kier alpha value is -1.76. The van der Waals surface area contributed by atoms with Crippen LogP contribution in [0.2, 0.25) is 0 Å². The molecule has 6 heteroatoms. The second kappa shape index (κ2) is 5.72. The van der Waals surface area contributed by atoms with E-state index in [1.54, 1.807) is 29.6 Å². The molecule has 2 rings (SSSR count). The predicted molar refractivity (Wildman–Crippen MR) is 70.3 cm³/mol. The van der Waals surface area contributed by atoms with Crippen molar-refractivity contribution in [3.63, 3.8) is 0 Å². The first-order valence-electron chi connectivity index (χ1n) is 5.38. The highest BCUT2D eigenvalue weighted by atomic mass is 32.1. The van der Waals surface area contributed by atoms with E-state index < -0.39 is 0 Å². The van der Waals surface area contributed by atoms with Crippen LogP contribution in [0.5, 0.6) is 0 Å². The summed E-state index contributed by atoms with van der Waals surface area (Å²) in [5, 5.41) is 14.1. The van der Waals surface area contributed by atoms with Gasteiger partial charge in [-0.3, -0.25) is 4.79 Å². The maximum atomic E-state index is 11.8. The van der Waals surface area contributed by atoms with E-state index in [0.717, 1.165) is 10.6 Å². The summed E-state index contributed by atoms with van der Waals surface area (Å²) in [5.41, 5.74) is 7.27. The molecule has 1 amide bonds. The van der Waals surface area contributed by atoms with Crippen molar-refractivity contribution in [2.24, 2.45) is 5.73 Å². The Kier molecular flexibility index (Phi) is 4.03. The summed E-state index contributed by atoms with van der Waals surface area (Å²) in [6.45, 7) is 0.323. The van der Waals surface area contributed by atoms with Crippen molar-refractivity contribution in [3.05, 3.63) is 45.9 Å². The van der Waals surface area contributed by atoms with E-state index in [-0.39, 0.29) is 12.5 Å². The van der Waals surface area contributed by atoms with Crippen LogP contribution in [0, 0.1) is 0 Å². The lowest BCUT2D eigenvalue weighted by atomic mass is 10.2. The van der Waals surface area contributed by atoms with Gasteiger partial charge in [0.2, 0.25) is 0 Å². The largest absolute Gasteiger partial charge is 0.392 e. The minimum absolute atomic E-state index is 0.0137. The molecule has 0 aliphatic heterocycles. The number of rotatable bonds is 4. The molecular weight excluding hydrogens is 250 g/mol. The quantitative estimate of drug-likeness (QED) is 0.777. The van der Waals surface area contributed by atoms with E-state index in [0.29, 0.717) is 17.9 Å². The van der Waals surface area contributed by atoms with Crippen LogP contribution in [0.1, 0.15) is 21.1 Å². The predicted octanol–water partition coefficient (Wildman–Crippen LogP) is 1.35. The summed E-state index contributed by atoms with van der Waals surface area (Å²) in [6.07, 6.45) is 0. The van der Waals surface area contributed by atoms with Gasteiger partial charge in [0.05, 0.1) is 6.61 Å². The van der Waals surface area contributed by atoms with Gasteiger partial charge in [-0.1, -0.05) is 12.1 Å². The van der Waals surface area contributed by atoms with Gasteiger partial charge in [-0.15, -0.1) is 11.3 Å². The Morgan fingerprint density at radius 3 is 2.67 bits per heavy atom. The fraction of sp³-hybridized carbons (Fsp3) is 0.167. The number of carbonyl (C=O) groups is 1. The summed E-state index contributed by atoms with van der Waals surface area (Å²) in [6, 6.07) is 6.98. The number of nitrogens with two attached hydrogens (primary N) is 1. The van der Waals surface area contributed by atoms with Gasteiger partial charge in [-0.25, -0.2) is 4.98 Å². The summed E-state index contributed by atoms with van der Waals surface area (Å²) in [5.74, 6) is -0.261. The van der Waals surface area contributed by atoms with Crippen LogP contribution in [0.4, 0.5) is 5.69 Å². The van der Waals surface area contributed by atoms with Crippen molar-refractivity contribution >= 4 is 22.9 Å². The molecule has 0 aliphatic carbocycles. The molecule has 0 saturated heterocycles. The molecule has 18 heavy (non-hydrogen) atoms. The molecule has 5 nitrogen and oxygen atoms in total. The second-order valence-electron chi connectivity index (χ2n) is 3.64. The highest BCUT2D eigenvalue weighted by molar-refractivity contribution is 7.09. The van der Waals surface area contributed by atoms with Crippen LogP contribution in [0.15, 0.2) is 29.6 Å². The molecule has 1 aromatic heterocycles. The lowest BCUT2D eigenvalue weighted by Crippen LogP contribution is -2.12. The van der Waals surface area contributed by atoms with E-state index in [1.807, 2.05) is 0 Å². The number of aliphatic hydroxyl groups excluding tert-OH is 1. The van der Waals surface area contributed by atoms with E-state index in [9.17, 15) is 4.79 Å². The van der Waals surface area contributed by atoms with Gasteiger partial charge in [0, 0.05) is 17.6 Å². The first-order chi connectivity index (χ1) is 8.72. The number of nitrogens with one attached hydrogen (secondary N) is 1. The number of aromatic nitrogens is 1. The number of aliphatic hydroxyl groups is 1. The normalized spacial score (nSPS) is 10.3. The van der Waals surface area contributed by atoms with Gasteiger partial charge in [0.1, 0.15) is 10.7 Å². The number of benzene rings is 1. The molecule has 0 aliphatic rings. The van der Waals surface area contributed by atoms with Crippen molar-refractivity contribution in [1.82, 2.24) is 4.98 Å². The number of hydrogen-bond donors (Lipinski definition) is 3. The van der Waals surface area contributed by atoms with Crippen molar-refractivity contribution in [1.29, 1.82) is 0 Å². The van der Waals surface area contributed by atoms with Gasteiger partial charge in [0.25, 0.3) is 5.91 Å². The zero-order valence-corrected chi connectivity index (χ0v) is 10.4. The van der Waals surface area contributed by atoms with Gasteiger partial charge < -0.3 is 16.2 Å². The highest BCUT2D eigenvalue weighted by Gasteiger charge is 2.10. The van der Waals surface area contributed by atoms with Gasteiger partial charge in [-0.05, 0) is 17.7 Å². The maximum absolute atomic E-state index is 11.8. The number of hydrogen-bond acceptors (Lipinski definition) is 5. The number of carbonyl (C=O) groups excluding carboxylic acids is 1. The Bertz CT molecular complexity index is 537. The van der Waals surface area contributed by atoms with E-state index >= 15 is 0 Å². The van der Waals surface area contributed by atoms with Gasteiger partial charge in [0.15, 0.2) is 0 Å². The fourth-order valence-corrected chi connectivity index (χ4v) is 2.05. The third kappa shape index (κ3) is 2.92. The first-order valence-corrected chi connectivity index (χ1v) is 6.26. The first kappa shape index (κ1) is 12.7. The number of nitrogens with zero attached hydrogens (tertiary/aromatic N) is 1. The van der Waals surface area contributed by atoms with Crippen molar-refractivity contribution in [3.8, 4) is 0 Å². The van der Waals surface area contributed by atoms with E-state index in [1.165, 1.54) is 11.3 Å². The SMILES string of the molecule is NCc1nc(C(=O)Nc2ccc(CO)cc2)cs1. The highest BCUT2D eigenvalue weighted by Crippen LogP contribution is 2.13. The number of anilines is 1. The molecule has 0 spiro atoms. The molecule has 0 atom stereocenters. The third-order valence-electron chi connectivity index (χ3n) is 2.35. The number of amides is 1.